The van der Waals surface area contributed by atoms with Crippen LogP contribution >= 0.6 is 15.9 Å². The minimum atomic E-state index is 0.0621. The predicted molar refractivity (Wildman–Crippen MR) is 84.6 cm³/mol. The van der Waals surface area contributed by atoms with Gasteiger partial charge in [0.15, 0.2) is 0 Å². The first-order chi connectivity index (χ1) is 9.34. The number of amides is 1. The summed E-state index contributed by atoms with van der Waals surface area (Å²) in [5.74, 6) is 0.815. The molecule has 0 radical (unpaired) electrons. The Morgan fingerprint density at radius 3 is 2.40 bits per heavy atom. The number of nitrogens with one attached hydrogen (secondary N) is 1. The fourth-order valence-electron chi connectivity index (χ4n) is 4.26. The van der Waals surface area contributed by atoms with Gasteiger partial charge in [0, 0.05) is 16.1 Å². The van der Waals surface area contributed by atoms with E-state index in [0.717, 1.165) is 22.4 Å². The highest BCUT2D eigenvalue weighted by Gasteiger charge is 2.61. The molecule has 3 rings (SSSR count). The number of benzene rings is 1. The molecule has 3 atom stereocenters. The minimum absolute atomic E-state index is 0.0621. The highest BCUT2D eigenvalue weighted by molar-refractivity contribution is 9.10. The Morgan fingerprint density at radius 1 is 1.25 bits per heavy atom. The molecule has 108 valence electrons. The van der Waals surface area contributed by atoms with E-state index in [1.807, 2.05) is 24.3 Å². The van der Waals surface area contributed by atoms with Crippen molar-refractivity contribution in [2.24, 2.45) is 16.7 Å². The lowest BCUT2D eigenvalue weighted by Crippen LogP contribution is -2.46. The molecule has 0 aliphatic heterocycles. The van der Waals surface area contributed by atoms with Crippen LogP contribution in [-0.4, -0.2) is 11.9 Å². The first kappa shape index (κ1) is 14.1. The molecule has 1 amide bonds. The summed E-state index contributed by atoms with van der Waals surface area (Å²) in [6, 6.07) is 7.90. The summed E-state index contributed by atoms with van der Waals surface area (Å²) in [5, 5.41) is 3.29. The van der Waals surface area contributed by atoms with E-state index >= 15 is 0 Å². The second kappa shape index (κ2) is 4.59. The van der Waals surface area contributed by atoms with Crippen molar-refractivity contribution in [2.45, 2.75) is 46.1 Å². The number of carbonyl (C=O) groups is 1. The van der Waals surface area contributed by atoms with Gasteiger partial charge in [0.05, 0.1) is 0 Å². The lowest BCUT2D eigenvalue weighted by atomic mass is 9.69. The van der Waals surface area contributed by atoms with E-state index < -0.39 is 0 Å². The standard InChI is InChI=1S/C17H22BrNO/c1-16(2)12-8-9-17(16,3)14(10-12)19-15(20)11-4-6-13(18)7-5-11/h4-7,12,14H,8-10H2,1-3H3,(H,19,20)/t12-,14+,17-/m0/s1. The summed E-state index contributed by atoms with van der Waals surface area (Å²) in [5.41, 5.74) is 1.32. The lowest BCUT2D eigenvalue weighted by molar-refractivity contribution is 0.0826. The van der Waals surface area contributed by atoms with E-state index in [2.05, 4.69) is 42.0 Å². The molecule has 0 heterocycles. The Labute approximate surface area is 129 Å². The summed E-state index contributed by atoms with van der Waals surface area (Å²) in [6.07, 6.45) is 3.68. The van der Waals surface area contributed by atoms with Crippen molar-refractivity contribution < 1.29 is 4.79 Å². The molecule has 1 N–H and O–H groups in total. The molecule has 3 heteroatoms. The maximum Gasteiger partial charge on any atom is 0.251 e. The zero-order chi connectivity index (χ0) is 14.5. The third-order valence-electron chi connectivity index (χ3n) is 6.21. The maximum atomic E-state index is 12.4. The summed E-state index contributed by atoms with van der Waals surface area (Å²) in [4.78, 5) is 12.4. The van der Waals surface area contributed by atoms with E-state index in [-0.39, 0.29) is 11.3 Å². The molecule has 0 saturated heterocycles. The number of fused-ring (bicyclic) bond motifs is 2. The highest BCUT2D eigenvalue weighted by atomic mass is 79.9. The first-order valence-corrected chi connectivity index (χ1v) is 8.20. The van der Waals surface area contributed by atoms with Gasteiger partial charge in [-0.05, 0) is 60.3 Å². The van der Waals surface area contributed by atoms with Crippen molar-refractivity contribution in [3.63, 3.8) is 0 Å². The summed E-state index contributed by atoms with van der Waals surface area (Å²) < 4.78 is 1.00. The molecule has 2 aliphatic carbocycles. The molecule has 2 saturated carbocycles. The Hall–Kier alpha value is -0.830. The van der Waals surface area contributed by atoms with Crippen LogP contribution in [0, 0.1) is 16.7 Å². The largest absolute Gasteiger partial charge is 0.349 e. The third-order valence-corrected chi connectivity index (χ3v) is 6.73. The van der Waals surface area contributed by atoms with Gasteiger partial charge in [-0.25, -0.2) is 0 Å². The van der Waals surface area contributed by atoms with E-state index in [1.54, 1.807) is 0 Å². The van der Waals surface area contributed by atoms with Crippen molar-refractivity contribution in [3.05, 3.63) is 34.3 Å². The van der Waals surface area contributed by atoms with Crippen LogP contribution in [0.3, 0.4) is 0 Å². The topological polar surface area (TPSA) is 29.1 Å². The average molecular weight is 336 g/mol. The predicted octanol–water partition coefficient (Wildman–Crippen LogP) is 4.39. The average Bonchev–Trinajstić information content (AvgIpc) is 2.72. The van der Waals surface area contributed by atoms with Gasteiger partial charge in [0.1, 0.15) is 0 Å². The van der Waals surface area contributed by atoms with Gasteiger partial charge in [-0.3, -0.25) is 4.79 Å². The smallest absolute Gasteiger partial charge is 0.251 e. The van der Waals surface area contributed by atoms with E-state index in [9.17, 15) is 4.79 Å². The highest BCUT2D eigenvalue weighted by Crippen LogP contribution is 2.65. The Bertz CT molecular complexity index is 536. The molecule has 2 bridgehead atoms. The normalized spacial score (nSPS) is 34.2. The number of carbonyl (C=O) groups excluding carboxylic acids is 1. The molecule has 0 spiro atoms. The zero-order valence-corrected chi connectivity index (χ0v) is 14.0. The molecular weight excluding hydrogens is 314 g/mol. The van der Waals surface area contributed by atoms with Gasteiger partial charge >= 0.3 is 0 Å². The quantitative estimate of drug-likeness (QED) is 0.852. The van der Waals surface area contributed by atoms with Crippen molar-refractivity contribution in [1.82, 2.24) is 5.32 Å². The second-order valence-electron chi connectivity index (χ2n) is 7.14. The molecule has 2 aliphatic rings. The summed E-state index contributed by atoms with van der Waals surface area (Å²) in [7, 11) is 0. The molecule has 2 fully saturated rings. The van der Waals surface area contributed by atoms with Crippen molar-refractivity contribution in [3.8, 4) is 0 Å². The van der Waals surface area contributed by atoms with Crippen LogP contribution in [0.2, 0.25) is 0 Å². The van der Waals surface area contributed by atoms with Gasteiger partial charge in [0.2, 0.25) is 0 Å². The van der Waals surface area contributed by atoms with E-state index in [4.69, 9.17) is 0 Å². The minimum Gasteiger partial charge on any atom is -0.349 e. The molecule has 1 aromatic rings. The van der Waals surface area contributed by atoms with E-state index in [0.29, 0.717) is 11.5 Å². The zero-order valence-electron chi connectivity index (χ0n) is 12.4. The molecule has 20 heavy (non-hydrogen) atoms. The number of halogens is 1. The van der Waals surface area contributed by atoms with Crippen LogP contribution in [0.1, 0.15) is 50.4 Å². The summed E-state index contributed by atoms with van der Waals surface area (Å²) in [6.45, 7) is 7.10. The van der Waals surface area contributed by atoms with Crippen LogP contribution < -0.4 is 5.32 Å². The lowest BCUT2D eigenvalue weighted by Gasteiger charge is -2.39. The fraction of sp³-hybridized carbons (Fsp3) is 0.588. The van der Waals surface area contributed by atoms with Crippen LogP contribution in [0.4, 0.5) is 0 Å². The van der Waals surface area contributed by atoms with Gasteiger partial charge in [0.25, 0.3) is 5.91 Å². The van der Waals surface area contributed by atoms with Crippen molar-refractivity contribution in [2.75, 3.05) is 0 Å². The number of hydrogen-bond donors (Lipinski definition) is 1. The molecule has 0 aromatic heterocycles. The van der Waals surface area contributed by atoms with Crippen LogP contribution in [0.5, 0.6) is 0 Å². The van der Waals surface area contributed by atoms with E-state index in [1.165, 1.54) is 12.8 Å². The van der Waals surface area contributed by atoms with Gasteiger partial charge in [-0.1, -0.05) is 36.7 Å². The number of rotatable bonds is 2. The Morgan fingerprint density at radius 2 is 1.90 bits per heavy atom. The van der Waals surface area contributed by atoms with Crippen LogP contribution in [-0.2, 0) is 0 Å². The molecule has 1 aromatic carbocycles. The second-order valence-corrected chi connectivity index (χ2v) is 8.06. The SMILES string of the molecule is CC1(C)[C@H]2CC[C@@]1(C)[C@H](NC(=O)c1ccc(Br)cc1)C2. The molecular formula is C17H22BrNO. The fourth-order valence-corrected chi connectivity index (χ4v) is 4.53. The number of hydrogen-bond acceptors (Lipinski definition) is 1. The molecule has 0 unspecified atom stereocenters. The Balaban J connectivity index is 1.76. The maximum absolute atomic E-state index is 12.4. The van der Waals surface area contributed by atoms with Crippen molar-refractivity contribution >= 4 is 21.8 Å². The van der Waals surface area contributed by atoms with Crippen molar-refractivity contribution in [1.29, 1.82) is 0 Å². The van der Waals surface area contributed by atoms with Gasteiger partial charge in [-0.15, -0.1) is 0 Å². The summed E-state index contributed by atoms with van der Waals surface area (Å²) >= 11 is 3.40. The van der Waals surface area contributed by atoms with Gasteiger partial charge in [-0.2, -0.15) is 0 Å². The Kier molecular flexibility index (Phi) is 3.24. The van der Waals surface area contributed by atoms with Crippen LogP contribution in [0.15, 0.2) is 28.7 Å². The third kappa shape index (κ3) is 1.93. The van der Waals surface area contributed by atoms with Crippen LogP contribution in [0.25, 0.3) is 0 Å². The monoisotopic (exact) mass is 335 g/mol. The van der Waals surface area contributed by atoms with Gasteiger partial charge < -0.3 is 5.32 Å². The molecule has 2 nitrogen and oxygen atoms in total. The first-order valence-electron chi connectivity index (χ1n) is 7.41.